The van der Waals surface area contributed by atoms with Gasteiger partial charge in [-0.05, 0) is 48.4 Å². The Labute approximate surface area is 203 Å². The van der Waals surface area contributed by atoms with Gasteiger partial charge in [0.05, 0.1) is 16.6 Å². The number of amides is 2. The highest BCUT2D eigenvalue weighted by Gasteiger charge is 2.22. The van der Waals surface area contributed by atoms with E-state index < -0.39 is 5.91 Å². The van der Waals surface area contributed by atoms with E-state index in [2.05, 4.69) is 9.88 Å². The van der Waals surface area contributed by atoms with Crippen molar-refractivity contribution in [2.45, 2.75) is 13.0 Å². The first-order chi connectivity index (χ1) is 17.1. The second kappa shape index (κ2) is 9.89. The Bertz CT molecular complexity index is 1330. The maximum atomic E-state index is 13.3. The van der Waals surface area contributed by atoms with Gasteiger partial charge in [-0.2, -0.15) is 0 Å². The zero-order chi connectivity index (χ0) is 24.2. The number of rotatable bonds is 6. The normalized spacial score (nSPS) is 14.1. The zero-order valence-corrected chi connectivity index (χ0v) is 19.3. The maximum absolute atomic E-state index is 13.3. The smallest absolute Gasteiger partial charge is 0.253 e. The zero-order valence-electron chi connectivity index (χ0n) is 19.3. The van der Waals surface area contributed by atoms with Crippen molar-refractivity contribution in [2.75, 3.05) is 31.1 Å². The van der Waals surface area contributed by atoms with E-state index in [0.717, 1.165) is 35.5 Å². The third kappa shape index (κ3) is 4.96. The molecule has 0 atom stereocenters. The fourth-order valence-electron chi connectivity index (χ4n) is 4.36. The Morgan fingerprint density at radius 3 is 2.63 bits per heavy atom. The van der Waals surface area contributed by atoms with Gasteiger partial charge >= 0.3 is 0 Å². The standard InChI is InChI=1S/C27H27N5O3/c28-25(33)21-9-1-4-12-24(21)35-18-19-7-5-8-20(17-19)26(34)31-13-6-14-32(16-15-31)27-29-22-10-2-3-11-23(22)30-27/h1-5,7-12,17H,6,13-16,18H2,(H2,28,33)(H,29,30). The molecule has 0 radical (unpaired) electrons. The number of carbonyl (C=O) groups excluding carboxylic acids is 2. The molecule has 1 aliphatic rings. The molecule has 0 unspecified atom stereocenters. The summed E-state index contributed by atoms with van der Waals surface area (Å²) in [6, 6.07) is 22.3. The Morgan fingerprint density at radius 1 is 0.943 bits per heavy atom. The lowest BCUT2D eigenvalue weighted by atomic mass is 10.1. The van der Waals surface area contributed by atoms with Crippen LogP contribution in [0.25, 0.3) is 11.0 Å². The van der Waals surface area contributed by atoms with Crippen LogP contribution in [0.3, 0.4) is 0 Å². The summed E-state index contributed by atoms with van der Waals surface area (Å²) in [5, 5.41) is 0. The monoisotopic (exact) mass is 469 g/mol. The van der Waals surface area contributed by atoms with E-state index >= 15 is 0 Å². The number of benzene rings is 3. The number of nitrogens with zero attached hydrogens (tertiary/aromatic N) is 3. The number of nitrogens with two attached hydrogens (primary N) is 1. The van der Waals surface area contributed by atoms with Crippen LogP contribution in [0, 0.1) is 0 Å². The molecule has 1 aliphatic heterocycles. The molecule has 3 aromatic carbocycles. The van der Waals surface area contributed by atoms with E-state index in [1.54, 1.807) is 24.3 Å². The number of H-pyrrole nitrogens is 1. The second-order valence-corrected chi connectivity index (χ2v) is 8.56. The van der Waals surface area contributed by atoms with Crippen LogP contribution in [0.5, 0.6) is 5.75 Å². The van der Waals surface area contributed by atoms with Crippen molar-refractivity contribution in [3.63, 3.8) is 0 Å². The number of hydrogen-bond donors (Lipinski definition) is 2. The summed E-state index contributed by atoms with van der Waals surface area (Å²) >= 11 is 0. The van der Waals surface area contributed by atoms with Gasteiger partial charge in [0.25, 0.3) is 11.8 Å². The maximum Gasteiger partial charge on any atom is 0.253 e. The van der Waals surface area contributed by atoms with Gasteiger partial charge in [-0.3, -0.25) is 9.59 Å². The van der Waals surface area contributed by atoms with Gasteiger partial charge in [-0.1, -0.05) is 36.4 Å². The molecule has 0 aliphatic carbocycles. The predicted octanol–water partition coefficient (Wildman–Crippen LogP) is 3.59. The molecule has 0 saturated carbocycles. The number of para-hydroxylation sites is 3. The van der Waals surface area contributed by atoms with Gasteiger partial charge in [0, 0.05) is 31.7 Å². The van der Waals surface area contributed by atoms with Crippen LogP contribution < -0.4 is 15.4 Å². The third-order valence-corrected chi connectivity index (χ3v) is 6.18. The Balaban J connectivity index is 1.24. The molecular weight excluding hydrogens is 442 g/mol. The van der Waals surface area contributed by atoms with E-state index in [9.17, 15) is 9.59 Å². The Hall–Kier alpha value is -4.33. The van der Waals surface area contributed by atoms with E-state index in [0.29, 0.717) is 36.5 Å². The molecule has 2 amide bonds. The molecule has 3 N–H and O–H groups in total. The molecule has 0 spiro atoms. The van der Waals surface area contributed by atoms with Crippen LogP contribution in [0.1, 0.15) is 32.7 Å². The fourth-order valence-corrected chi connectivity index (χ4v) is 4.36. The van der Waals surface area contributed by atoms with Gasteiger partial charge in [0.15, 0.2) is 0 Å². The average molecular weight is 470 g/mol. The quantitative estimate of drug-likeness (QED) is 0.449. The molecule has 8 nitrogen and oxygen atoms in total. The molecule has 1 aromatic heterocycles. The number of nitrogens with one attached hydrogen (secondary N) is 1. The molecule has 2 heterocycles. The van der Waals surface area contributed by atoms with Crippen molar-refractivity contribution in [3.05, 3.63) is 89.5 Å². The number of ether oxygens (including phenoxy) is 1. The van der Waals surface area contributed by atoms with E-state index in [4.69, 9.17) is 15.5 Å². The van der Waals surface area contributed by atoms with E-state index in [1.165, 1.54) is 0 Å². The van der Waals surface area contributed by atoms with Gasteiger partial charge in [0.2, 0.25) is 5.95 Å². The van der Waals surface area contributed by atoms with E-state index in [1.807, 2.05) is 53.4 Å². The number of fused-ring (bicyclic) bond motifs is 1. The van der Waals surface area contributed by atoms with Crippen LogP contribution in [-0.4, -0.2) is 52.9 Å². The SMILES string of the molecule is NC(=O)c1ccccc1OCc1cccc(C(=O)N2CCCN(c3nc4ccccc4[nH]3)CC2)c1. The molecular formula is C27H27N5O3. The molecule has 5 rings (SSSR count). The van der Waals surface area contributed by atoms with Crippen molar-refractivity contribution < 1.29 is 14.3 Å². The average Bonchev–Trinajstić information content (AvgIpc) is 3.17. The summed E-state index contributed by atoms with van der Waals surface area (Å²) < 4.78 is 5.83. The highest BCUT2D eigenvalue weighted by Crippen LogP contribution is 2.21. The number of imidazole rings is 1. The van der Waals surface area contributed by atoms with Gasteiger partial charge in [-0.15, -0.1) is 0 Å². The van der Waals surface area contributed by atoms with Crippen LogP contribution in [-0.2, 0) is 6.61 Å². The van der Waals surface area contributed by atoms with Crippen LogP contribution in [0.15, 0.2) is 72.8 Å². The minimum atomic E-state index is -0.539. The van der Waals surface area contributed by atoms with E-state index in [-0.39, 0.29) is 12.5 Å². The van der Waals surface area contributed by atoms with Crippen LogP contribution in [0.2, 0.25) is 0 Å². The second-order valence-electron chi connectivity index (χ2n) is 8.56. The number of aromatic amines is 1. The summed E-state index contributed by atoms with van der Waals surface area (Å²) in [5.41, 5.74) is 9.17. The first-order valence-electron chi connectivity index (χ1n) is 11.7. The molecule has 35 heavy (non-hydrogen) atoms. The topological polar surface area (TPSA) is 105 Å². The van der Waals surface area contributed by atoms with Crippen molar-refractivity contribution in [1.82, 2.24) is 14.9 Å². The van der Waals surface area contributed by atoms with Crippen molar-refractivity contribution in [3.8, 4) is 5.75 Å². The fraction of sp³-hybridized carbons (Fsp3) is 0.222. The lowest BCUT2D eigenvalue weighted by molar-refractivity contribution is 0.0766. The summed E-state index contributed by atoms with van der Waals surface area (Å²) in [7, 11) is 0. The van der Waals surface area contributed by atoms with Crippen LogP contribution >= 0.6 is 0 Å². The third-order valence-electron chi connectivity index (χ3n) is 6.18. The minimum absolute atomic E-state index is 0.00385. The first-order valence-corrected chi connectivity index (χ1v) is 11.7. The van der Waals surface area contributed by atoms with Crippen molar-refractivity contribution in [1.29, 1.82) is 0 Å². The van der Waals surface area contributed by atoms with Gasteiger partial charge in [0.1, 0.15) is 12.4 Å². The molecule has 178 valence electrons. The number of anilines is 1. The van der Waals surface area contributed by atoms with Crippen LogP contribution in [0.4, 0.5) is 5.95 Å². The molecule has 8 heteroatoms. The number of primary amides is 1. The summed E-state index contributed by atoms with van der Waals surface area (Å²) in [6.07, 6.45) is 0.857. The highest BCUT2D eigenvalue weighted by atomic mass is 16.5. The Kier molecular flexibility index (Phi) is 6.34. The summed E-state index contributed by atoms with van der Waals surface area (Å²) in [5.74, 6) is 0.726. The highest BCUT2D eigenvalue weighted by molar-refractivity contribution is 5.95. The predicted molar refractivity (Wildman–Crippen MR) is 135 cm³/mol. The number of aromatic nitrogens is 2. The molecule has 1 saturated heterocycles. The molecule has 0 bridgehead atoms. The molecule has 4 aromatic rings. The minimum Gasteiger partial charge on any atom is -0.488 e. The summed E-state index contributed by atoms with van der Waals surface area (Å²) in [6.45, 7) is 3.06. The lowest BCUT2D eigenvalue weighted by Gasteiger charge is -2.22. The number of hydrogen-bond acceptors (Lipinski definition) is 5. The van der Waals surface area contributed by atoms with Gasteiger partial charge in [-0.25, -0.2) is 4.98 Å². The van der Waals surface area contributed by atoms with Crippen molar-refractivity contribution >= 4 is 28.8 Å². The lowest BCUT2D eigenvalue weighted by Crippen LogP contribution is -2.35. The summed E-state index contributed by atoms with van der Waals surface area (Å²) in [4.78, 5) is 37.1. The number of carbonyl (C=O) groups is 2. The van der Waals surface area contributed by atoms with Gasteiger partial charge < -0.3 is 25.3 Å². The Morgan fingerprint density at radius 2 is 1.77 bits per heavy atom. The first kappa shape index (κ1) is 22.5. The largest absolute Gasteiger partial charge is 0.488 e. The molecule has 1 fully saturated rings. The van der Waals surface area contributed by atoms with Crippen molar-refractivity contribution in [2.24, 2.45) is 5.73 Å².